The number of hydrogen-bond acceptors (Lipinski definition) is 5. The van der Waals surface area contributed by atoms with E-state index in [-0.39, 0.29) is 22.1 Å². The molecule has 1 saturated carbocycles. The minimum absolute atomic E-state index is 0.0620. The molecule has 7 heteroatoms. The Morgan fingerprint density at radius 1 is 1.55 bits per heavy atom. The number of hydrogen-bond donors (Lipinski definition) is 0. The van der Waals surface area contributed by atoms with Crippen LogP contribution < -0.4 is 0 Å². The summed E-state index contributed by atoms with van der Waals surface area (Å²) in [6.45, 7) is 0. The van der Waals surface area contributed by atoms with Crippen molar-refractivity contribution in [1.82, 2.24) is 0 Å². The largest absolute Gasteiger partial charge is 0.469 e. The van der Waals surface area contributed by atoms with Crippen molar-refractivity contribution >= 4 is 35.0 Å². The third-order valence-electron chi connectivity index (χ3n) is 3.37. The Kier molecular flexibility index (Phi) is 4.55. The van der Waals surface area contributed by atoms with Gasteiger partial charge >= 0.3 is 11.7 Å². The second kappa shape index (κ2) is 6.01. The summed E-state index contributed by atoms with van der Waals surface area (Å²) < 4.78 is 4.68. The summed E-state index contributed by atoms with van der Waals surface area (Å²) in [5.41, 5.74) is -0.137. The summed E-state index contributed by atoms with van der Waals surface area (Å²) in [4.78, 5) is 22.5. The Bertz CT molecular complexity index is 545. The highest BCUT2D eigenvalue weighted by Gasteiger charge is 2.44. The fourth-order valence-electron chi connectivity index (χ4n) is 1.95. The number of benzene rings is 1. The molecule has 1 fully saturated rings. The van der Waals surface area contributed by atoms with Crippen LogP contribution in [0, 0.1) is 15.5 Å². The van der Waals surface area contributed by atoms with Crippen molar-refractivity contribution in [1.29, 1.82) is 0 Å². The van der Waals surface area contributed by atoms with Crippen molar-refractivity contribution in [2.45, 2.75) is 24.2 Å². The van der Waals surface area contributed by atoms with E-state index < -0.39 is 4.92 Å². The number of nitro groups is 1. The van der Waals surface area contributed by atoms with E-state index in [0.717, 1.165) is 12.8 Å². The van der Waals surface area contributed by atoms with Gasteiger partial charge < -0.3 is 4.74 Å². The lowest BCUT2D eigenvalue weighted by atomic mass is 10.1. The van der Waals surface area contributed by atoms with Crippen LogP contribution in [0.2, 0.25) is 5.02 Å². The minimum atomic E-state index is -0.468. The van der Waals surface area contributed by atoms with Crippen LogP contribution in [0.1, 0.15) is 19.3 Å². The van der Waals surface area contributed by atoms with Crippen LogP contribution >= 0.6 is 23.4 Å². The first-order valence-electron chi connectivity index (χ1n) is 6.10. The Balaban J connectivity index is 2.07. The normalized spacial score (nSPS) is 15.7. The van der Waals surface area contributed by atoms with Gasteiger partial charge in [0.25, 0.3) is 0 Å². The van der Waals surface area contributed by atoms with Crippen LogP contribution in [0.4, 0.5) is 5.69 Å². The van der Waals surface area contributed by atoms with Crippen molar-refractivity contribution in [3.05, 3.63) is 33.3 Å². The van der Waals surface area contributed by atoms with Gasteiger partial charge in [-0.2, -0.15) is 0 Å². The highest BCUT2D eigenvalue weighted by molar-refractivity contribution is 7.99. The Hall–Kier alpha value is -1.27. The van der Waals surface area contributed by atoms with Gasteiger partial charge in [-0.25, -0.2) is 0 Å². The fourth-order valence-corrected chi connectivity index (χ4v) is 3.60. The summed E-state index contributed by atoms with van der Waals surface area (Å²) >= 11 is 7.25. The number of thioether (sulfide) groups is 1. The number of rotatable bonds is 6. The lowest BCUT2D eigenvalue weighted by Crippen LogP contribution is -2.13. The van der Waals surface area contributed by atoms with Crippen LogP contribution in [0.5, 0.6) is 0 Å². The van der Waals surface area contributed by atoms with E-state index in [1.165, 1.54) is 24.9 Å². The molecule has 20 heavy (non-hydrogen) atoms. The van der Waals surface area contributed by atoms with Gasteiger partial charge in [0.15, 0.2) is 0 Å². The molecule has 0 atom stereocenters. The van der Waals surface area contributed by atoms with Crippen molar-refractivity contribution in [2.75, 3.05) is 12.9 Å². The summed E-state index contributed by atoms with van der Waals surface area (Å²) in [6, 6.07) is 4.88. The molecular formula is C13H14ClNO4S. The quantitative estimate of drug-likeness (QED) is 0.346. The van der Waals surface area contributed by atoms with Crippen LogP contribution in [0.15, 0.2) is 23.1 Å². The second-order valence-corrected chi connectivity index (χ2v) is 6.31. The Morgan fingerprint density at radius 3 is 2.80 bits per heavy atom. The lowest BCUT2D eigenvalue weighted by molar-refractivity contribution is -0.387. The minimum Gasteiger partial charge on any atom is -0.469 e. The molecule has 0 bridgehead atoms. The molecule has 0 N–H and O–H groups in total. The molecule has 0 unspecified atom stereocenters. The van der Waals surface area contributed by atoms with Gasteiger partial charge in [0, 0.05) is 5.75 Å². The van der Waals surface area contributed by atoms with Crippen molar-refractivity contribution in [2.24, 2.45) is 5.41 Å². The molecule has 2 rings (SSSR count). The molecule has 0 amide bonds. The number of halogens is 1. The van der Waals surface area contributed by atoms with Gasteiger partial charge in [0.1, 0.15) is 5.02 Å². The number of carbonyl (C=O) groups is 1. The average Bonchev–Trinajstić information content (AvgIpc) is 3.16. The van der Waals surface area contributed by atoms with Gasteiger partial charge in [0.2, 0.25) is 0 Å². The van der Waals surface area contributed by atoms with E-state index in [4.69, 9.17) is 11.6 Å². The predicted molar refractivity (Wildman–Crippen MR) is 77.1 cm³/mol. The molecule has 1 aliphatic rings. The highest BCUT2D eigenvalue weighted by atomic mass is 35.5. The fraction of sp³-hybridized carbons (Fsp3) is 0.462. The number of carbonyl (C=O) groups excluding carboxylic acids is 1. The van der Waals surface area contributed by atoms with Gasteiger partial charge in [-0.1, -0.05) is 17.7 Å². The molecule has 0 saturated heterocycles. The summed E-state index contributed by atoms with van der Waals surface area (Å²) in [5.74, 6) is 0.423. The van der Waals surface area contributed by atoms with E-state index in [2.05, 4.69) is 4.74 Å². The number of esters is 1. The Labute approximate surface area is 125 Å². The SMILES string of the molecule is COC(=O)CC1(CSc2cccc(Cl)c2[N+](=O)[O-])CC1. The van der Waals surface area contributed by atoms with Gasteiger partial charge in [0.05, 0.1) is 23.3 Å². The zero-order valence-corrected chi connectivity index (χ0v) is 12.5. The number of ether oxygens (including phenoxy) is 1. The number of para-hydroxylation sites is 1. The van der Waals surface area contributed by atoms with E-state index in [9.17, 15) is 14.9 Å². The van der Waals surface area contributed by atoms with Crippen molar-refractivity contribution in [3.63, 3.8) is 0 Å². The van der Waals surface area contributed by atoms with Crippen molar-refractivity contribution < 1.29 is 14.5 Å². The van der Waals surface area contributed by atoms with Crippen LogP contribution in [-0.4, -0.2) is 23.8 Å². The van der Waals surface area contributed by atoms with Crippen molar-refractivity contribution in [3.8, 4) is 0 Å². The van der Waals surface area contributed by atoms with E-state index >= 15 is 0 Å². The first kappa shape index (κ1) is 15.1. The molecule has 0 aliphatic heterocycles. The topological polar surface area (TPSA) is 69.4 Å². The highest BCUT2D eigenvalue weighted by Crippen LogP contribution is 2.53. The summed E-state index contributed by atoms with van der Waals surface area (Å²) in [6.07, 6.45) is 2.26. The second-order valence-electron chi connectivity index (χ2n) is 4.89. The third kappa shape index (κ3) is 3.43. The summed E-state index contributed by atoms with van der Waals surface area (Å²) in [5, 5.41) is 11.2. The monoisotopic (exact) mass is 315 g/mol. The maximum Gasteiger partial charge on any atom is 0.306 e. The lowest BCUT2D eigenvalue weighted by Gasteiger charge is -2.13. The molecule has 108 valence electrons. The third-order valence-corrected chi connectivity index (χ3v) is 5.07. The standard InChI is InChI=1S/C13H14ClNO4S/c1-19-11(16)7-13(5-6-13)8-20-10-4-2-3-9(14)12(10)15(17)18/h2-4H,5-8H2,1H3. The first-order chi connectivity index (χ1) is 9.47. The molecule has 5 nitrogen and oxygen atoms in total. The molecule has 0 spiro atoms. The summed E-state index contributed by atoms with van der Waals surface area (Å²) in [7, 11) is 1.37. The maximum atomic E-state index is 11.3. The maximum absolute atomic E-state index is 11.3. The van der Waals surface area contributed by atoms with Crippen LogP contribution in [0.25, 0.3) is 0 Å². The molecular weight excluding hydrogens is 302 g/mol. The van der Waals surface area contributed by atoms with E-state index in [1.807, 2.05) is 0 Å². The number of nitrogens with zero attached hydrogens (tertiary/aromatic N) is 1. The molecule has 0 radical (unpaired) electrons. The zero-order chi connectivity index (χ0) is 14.8. The zero-order valence-electron chi connectivity index (χ0n) is 10.9. The van der Waals surface area contributed by atoms with Crippen LogP contribution in [0.3, 0.4) is 0 Å². The molecule has 1 aromatic carbocycles. The van der Waals surface area contributed by atoms with E-state index in [0.29, 0.717) is 17.1 Å². The predicted octanol–water partition coefficient (Wildman–Crippen LogP) is 3.68. The first-order valence-corrected chi connectivity index (χ1v) is 7.46. The smallest absolute Gasteiger partial charge is 0.306 e. The van der Waals surface area contributed by atoms with Gasteiger partial charge in [-0.3, -0.25) is 14.9 Å². The molecule has 1 aliphatic carbocycles. The van der Waals surface area contributed by atoms with Gasteiger partial charge in [-0.05, 0) is 30.4 Å². The molecule has 0 aromatic heterocycles. The van der Waals surface area contributed by atoms with Crippen LogP contribution in [-0.2, 0) is 9.53 Å². The van der Waals surface area contributed by atoms with Gasteiger partial charge in [-0.15, -0.1) is 11.8 Å². The van der Waals surface area contributed by atoms with E-state index in [1.54, 1.807) is 12.1 Å². The average molecular weight is 316 g/mol. The Morgan fingerprint density at radius 2 is 2.25 bits per heavy atom. The number of methoxy groups -OCH3 is 1. The molecule has 1 aromatic rings. The number of nitro benzene ring substituents is 1. The molecule has 0 heterocycles.